The van der Waals surface area contributed by atoms with Crippen LogP contribution in [0.4, 0.5) is 0 Å². The van der Waals surface area contributed by atoms with Crippen molar-refractivity contribution in [1.82, 2.24) is 0 Å². The summed E-state index contributed by atoms with van der Waals surface area (Å²) in [6.07, 6.45) is 1.39. The molecule has 0 bridgehead atoms. The van der Waals surface area contributed by atoms with Gasteiger partial charge in [0.2, 0.25) is 0 Å². The molecule has 32 heavy (non-hydrogen) atoms. The molecule has 0 spiro atoms. The highest BCUT2D eigenvalue weighted by atomic mass is 17.0. The van der Waals surface area contributed by atoms with Crippen LogP contribution in [-0.2, 0) is 43.5 Å². The minimum Gasteiger partial charge on any atom is -0.371 e. The van der Waals surface area contributed by atoms with E-state index in [-0.39, 0.29) is 6.10 Å². The first-order valence-electron chi connectivity index (χ1n) is 11.1. The lowest BCUT2D eigenvalue weighted by Gasteiger charge is -2.38. The molecule has 3 aromatic rings. The maximum absolute atomic E-state index is 6.43. The standard InChI is InChI=1S/C27H28O5/c1-4-10-22(11-5-1)18-28-21-26(29-19-23-12-6-2-7-13-23)17-16-25-27(31-25,32-26)30-20-24-14-8-3-9-15-24/h1-15,25H,16-21H2. The summed E-state index contributed by atoms with van der Waals surface area (Å²) in [6.45, 7) is 1.62. The lowest BCUT2D eigenvalue weighted by Crippen LogP contribution is -2.49. The molecule has 5 nitrogen and oxygen atoms in total. The number of hydrogen-bond acceptors (Lipinski definition) is 5. The number of fused-ring (bicyclic) bond motifs is 1. The van der Waals surface area contributed by atoms with Gasteiger partial charge in [0.15, 0.2) is 5.79 Å². The molecule has 2 fully saturated rings. The van der Waals surface area contributed by atoms with Crippen molar-refractivity contribution in [2.45, 2.75) is 50.5 Å². The fourth-order valence-electron chi connectivity index (χ4n) is 4.00. The van der Waals surface area contributed by atoms with Gasteiger partial charge in [0.25, 0.3) is 0 Å². The number of benzene rings is 3. The summed E-state index contributed by atoms with van der Waals surface area (Å²) in [6, 6.07) is 30.2. The van der Waals surface area contributed by atoms with Crippen LogP contribution in [0, 0.1) is 0 Å². The van der Waals surface area contributed by atoms with Gasteiger partial charge in [0.1, 0.15) is 12.7 Å². The normalized spacial score (nSPS) is 26.4. The molecular weight excluding hydrogens is 404 g/mol. The molecule has 0 amide bonds. The summed E-state index contributed by atoms with van der Waals surface area (Å²) in [5.41, 5.74) is 3.26. The second kappa shape index (κ2) is 9.53. The lowest BCUT2D eigenvalue weighted by molar-refractivity contribution is -0.379. The Labute approximate surface area is 188 Å². The SMILES string of the molecule is c1ccc(COCC2(OCc3ccccc3)CCC3OC3(OCc3ccccc3)O2)cc1. The van der Waals surface area contributed by atoms with Gasteiger partial charge < -0.3 is 18.9 Å². The summed E-state index contributed by atoms with van der Waals surface area (Å²) in [4.78, 5) is 0. The highest BCUT2D eigenvalue weighted by Gasteiger charge is 2.67. The van der Waals surface area contributed by atoms with Crippen LogP contribution in [0.1, 0.15) is 29.5 Å². The average Bonchev–Trinajstić information content (AvgIpc) is 3.57. The van der Waals surface area contributed by atoms with Crippen LogP contribution in [0.3, 0.4) is 0 Å². The smallest absolute Gasteiger partial charge is 0.314 e. The van der Waals surface area contributed by atoms with Crippen molar-refractivity contribution in [1.29, 1.82) is 0 Å². The molecule has 2 aliphatic heterocycles. The van der Waals surface area contributed by atoms with Gasteiger partial charge in [0.05, 0.1) is 19.8 Å². The van der Waals surface area contributed by atoms with E-state index in [1.165, 1.54) is 0 Å². The summed E-state index contributed by atoms with van der Waals surface area (Å²) in [5, 5.41) is 0. The predicted molar refractivity (Wildman–Crippen MR) is 119 cm³/mol. The molecule has 5 heteroatoms. The molecule has 0 radical (unpaired) electrons. The van der Waals surface area contributed by atoms with Crippen molar-refractivity contribution in [3.63, 3.8) is 0 Å². The third-order valence-electron chi connectivity index (χ3n) is 5.82. The predicted octanol–water partition coefficient (Wildman–Crippen LogP) is 5.20. The Balaban J connectivity index is 1.27. The van der Waals surface area contributed by atoms with Gasteiger partial charge >= 0.3 is 5.97 Å². The van der Waals surface area contributed by atoms with Gasteiger partial charge in [-0.25, -0.2) is 0 Å². The van der Waals surface area contributed by atoms with Gasteiger partial charge in [-0.2, -0.15) is 0 Å². The Morgan fingerprint density at radius 3 is 1.81 bits per heavy atom. The average molecular weight is 433 g/mol. The Hall–Kier alpha value is -2.54. The zero-order valence-electron chi connectivity index (χ0n) is 18.0. The van der Waals surface area contributed by atoms with Gasteiger partial charge in [-0.05, 0) is 23.1 Å². The first-order valence-corrected chi connectivity index (χ1v) is 11.1. The van der Waals surface area contributed by atoms with Gasteiger partial charge in [0, 0.05) is 6.42 Å². The van der Waals surface area contributed by atoms with E-state index >= 15 is 0 Å². The molecule has 2 heterocycles. The Morgan fingerprint density at radius 1 is 0.688 bits per heavy atom. The van der Waals surface area contributed by atoms with Crippen molar-refractivity contribution in [3.8, 4) is 0 Å². The first kappa shape index (κ1) is 21.3. The molecule has 0 aliphatic carbocycles. The van der Waals surface area contributed by atoms with Gasteiger partial charge in [-0.15, -0.1) is 0 Å². The third kappa shape index (κ3) is 5.09. The quantitative estimate of drug-likeness (QED) is 0.412. The zero-order chi connectivity index (χ0) is 21.7. The maximum atomic E-state index is 6.43. The molecule has 2 saturated heterocycles. The Morgan fingerprint density at radius 2 is 1.22 bits per heavy atom. The van der Waals surface area contributed by atoms with E-state index in [0.717, 1.165) is 23.1 Å². The maximum Gasteiger partial charge on any atom is 0.314 e. The molecule has 0 N–H and O–H groups in total. The second-order valence-electron chi connectivity index (χ2n) is 8.29. The third-order valence-corrected chi connectivity index (χ3v) is 5.82. The second-order valence-corrected chi connectivity index (χ2v) is 8.29. The van der Waals surface area contributed by atoms with Crippen molar-refractivity contribution in [2.24, 2.45) is 0 Å². The molecule has 166 valence electrons. The van der Waals surface area contributed by atoms with E-state index in [2.05, 4.69) is 0 Å². The number of ether oxygens (including phenoxy) is 5. The van der Waals surface area contributed by atoms with Crippen molar-refractivity contribution in [3.05, 3.63) is 108 Å². The van der Waals surface area contributed by atoms with Crippen LogP contribution in [0.2, 0.25) is 0 Å². The van der Waals surface area contributed by atoms with Crippen LogP contribution >= 0.6 is 0 Å². The van der Waals surface area contributed by atoms with Gasteiger partial charge in [-0.3, -0.25) is 4.74 Å². The van der Waals surface area contributed by atoms with Crippen LogP contribution in [0.15, 0.2) is 91.0 Å². The molecule has 2 aliphatic rings. The van der Waals surface area contributed by atoms with E-state index in [9.17, 15) is 0 Å². The van der Waals surface area contributed by atoms with Crippen molar-refractivity contribution in [2.75, 3.05) is 6.61 Å². The molecule has 0 saturated carbocycles. The molecule has 3 aromatic carbocycles. The topological polar surface area (TPSA) is 49.5 Å². The Kier molecular flexibility index (Phi) is 6.35. The molecule has 0 aromatic heterocycles. The van der Waals surface area contributed by atoms with Crippen LogP contribution in [0.25, 0.3) is 0 Å². The van der Waals surface area contributed by atoms with E-state index in [1.807, 2.05) is 91.0 Å². The van der Waals surface area contributed by atoms with Crippen LogP contribution in [-0.4, -0.2) is 24.5 Å². The number of epoxide rings is 1. The molecular formula is C27H28O5. The first-order chi connectivity index (χ1) is 15.8. The molecule has 5 rings (SSSR count). The monoisotopic (exact) mass is 432 g/mol. The van der Waals surface area contributed by atoms with Crippen LogP contribution < -0.4 is 0 Å². The largest absolute Gasteiger partial charge is 0.371 e. The van der Waals surface area contributed by atoms with E-state index in [0.29, 0.717) is 32.8 Å². The highest BCUT2D eigenvalue weighted by molar-refractivity contribution is 5.15. The zero-order valence-corrected chi connectivity index (χ0v) is 18.0. The Bertz CT molecular complexity index is 981. The lowest BCUT2D eigenvalue weighted by atomic mass is 10.0. The molecule has 3 unspecified atom stereocenters. The van der Waals surface area contributed by atoms with E-state index in [4.69, 9.17) is 23.7 Å². The highest BCUT2D eigenvalue weighted by Crippen LogP contribution is 2.51. The molecule has 3 atom stereocenters. The van der Waals surface area contributed by atoms with E-state index < -0.39 is 11.8 Å². The van der Waals surface area contributed by atoms with Crippen LogP contribution in [0.5, 0.6) is 0 Å². The number of hydrogen-bond donors (Lipinski definition) is 0. The summed E-state index contributed by atoms with van der Waals surface area (Å²) >= 11 is 0. The van der Waals surface area contributed by atoms with Gasteiger partial charge in [-0.1, -0.05) is 91.0 Å². The van der Waals surface area contributed by atoms with Crippen molar-refractivity contribution < 1.29 is 23.7 Å². The summed E-state index contributed by atoms with van der Waals surface area (Å²) in [5.74, 6) is -2.00. The van der Waals surface area contributed by atoms with E-state index in [1.54, 1.807) is 0 Å². The fraction of sp³-hybridized carbons (Fsp3) is 0.333. The number of rotatable bonds is 10. The van der Waals surface area contributed by atoms with Crippen molar-refractivity contribution >= 4 is 0 Å². The summed E-state index contributed by atoms with van der Waals surface area (Å²) < 4.78 is 30.9. The fourth-order valence-corrected chi connectivity index (χ4v) is 4.00. The minimum atomic E-state index is -1.07. The minimum absolute atomic E-state index is 0.0752. The summed E-state index contributed by atoms with van der Waals surface area (Å²) in [7, 11) is 0.